The van der Waals surface area contributed by atoms with E-state index in [2.05, 4.69) is 11.3 Å². The number of esters is 2. The fourth-order valence-corrected chi connectivity index (χ4v) is 2.11. The van der Waals surface area contributed by atoms with Crippen LogP contribution in [-0.4, -0.2) is 66.3 Å². The largest absolute Gasteiger partial charge is 0.467 e. The standard InChI is InChI=1S/C13H20N2O6/c1-3-4-21-11(17)6-9(14)12(18)15-7-8(16)5-10(15)13(19)20-2/h3,8-10,16H,1,4-7,14H2,2H3/t8-,9+,10+/m1/s1. The molecule has 8 nitrogen and oxygen atoms in total. The van der Waals surface area contributed by atoms with Crippen LogP contribution in [0.5, 0.6) is 0 Å². The molecule has 1 aliphatic rings. The first-order valence-electron chi connectivity index (χ1n) is 6.49. The maximum Gasteiger partial charge on any atom is 0.328 e. The van der Waals surface area contributed by atoms with Crippen LogP contribution in [0.1, 0.15) is 12.8 Å². The van der Waals surface area contributed by atoms with Crippen molar-refractivity contribution in [2.24, 2.45) is 5.73 Å². The summed E-state index contributed by atoms with van der Waals surface area (Å²) in [6.07, 6.45) is 0.354. The quantitative estimate of drug-likeness (QED) is 0.456. The van der Waals surface area contributed by atoms with Gasteiger partial charge in [-0.25, -0.2) is 4.79 Å². The number of nitrogens with zero attached hydrogens (tertiary/aromatic N) is 1. The molecule has 0 bridgehead atoms. The van der Waals surface area contributed by atoms with Gasteiger partial charge in [0.05, 0.1) is 25.7 Å². The molecule has 0 saturated carbocycles. The van der Waals surface area contributed by atoms with Gasteiger partial charge in [0.25, 0.3) is 0 Å². The summed E-state index contributed by atoms with van der Waals surface area (Å²) in [6, 6.07) is -2.02. The Morgan fingerprint density at radius 3 is 2.76 bits per heavy atom. The molecule has 0 unspecified atom stereocenters. The molecule has 3 N–H and O–H groups in total. The Bertz CT molecular complexity index is 425. The van der Waals surface area contributed by atoms with Crippen LogP contribution in [0.15, 0.2) is 12.7 Å². The molecule has 1 rings (SSSR count). The zero-order valence-electron chi connectivity index (χ0n) is 11.9. The molecule has 3 atom stereocenters. The second-order valence-corrected chi connectivity index (χ2v) is 4.70. The number of hydrogen-bond acceptors (Lipinski definition) is 7. The van der Waals surface area contributed by atoms with Gasteiger partial charge in [-0.3, -0.25) is 9.59 Å². The van der Waals surface area contributed by atoms with Crippen LogP contribution in [0.4, 0.5) is 0 Å². The van der Waals surface area contributed by atoms with Gasteiger partial charge in [-0.2, -0.15) is 0 Å². The third-order valence-electron chi connectivity index (χ3n) is 3.10. The van der Waals surface area contributed by atoms with E-state index in [0.29, 0.717) is 0 Å². The lowest BCUT2D eigenvalue weighted by Crippen LogP contribution is -2.49. The molecule has 0 aromatic rings. The number of carbonyl (C=O) groups is 3. The Hall–Kier alpha value is -1.93. The number of aliphatic hydroxyl groups excluding tert-OH is 1. The van der Waals surface area contributed by atoms with E-state index in [4.69, 9.17) is 10.5 Å². The summed E-state index contributed by atoms with van der Waals surface area (Å²) >= 11 is 0. The minimum Gasteiger partial charge on any atom is -0.467 e. The number of amides is 1. The summed E-state index contributed by atoms with van der Waals surface area (Å²) in [6.45, 7) is 3.41. The number of hydrogen-bond donors (Lipinski definition) is 2. The maximum absolute atomic E-state index is 12.2. The number of carbonyl (C=O) groups excluding carboxylic acids is 3. The lowest BCUT2D eigenvalue weighted by Gasteiger charge is -2.25. The van der Waals surface area contributed by atoms with Gasteiger partial charge in [0, 0.05) is 13.0 Å². The highest BCUT2D eigenvalue weighted by atomic mass is 16.5. The van der Waals surface area contributed by atoms with Gasteiger partial charge in [0.15, 0.2) is 0 Å². The average molecular weight is 300 g/mol. The molecule has 0 spiro atoms. The summed E-state index contributed by atoms with van der Waals surface area (Å²) in [5.74, 6) is -1.86. The number of rotatable bonds is 6. The van der Waals surface area contributed by atoms with Gasteiger partial charge in [-0.1, -0.05) is 12.7 Å². The van der Waals surface area contributed by atoms with Crippen molar-refractivity contribution in [3.05, 3.63) is 12.7 Å². The van der Waals surface area contributed by atoms with Gasteiger partial charge in [0.2, 0.25) is 5.91 Å². The number of methoxy groups -OCH3 is 1. The summed E-state index contributed by atoms with van der Waals surface area (Å²) in [5.41, 5.74) is 5.67. The molecule has 0 radical (unpaired) electrons. The Balaban J connectivity index is 2.65. The van der Waals surface area contributed by atoms with E-state index >= 15 is 0 Å². The van der Waals surface area contributed by atoms with Crippen molar-refractivity contribution in [1.29, 1.82) is 0 Å². The summed E-state index contributed by atoms with van der Waals surface area (Å²) in [7, 11) is 1.20. The van der Waals surface area contributed by atoms with E-state index in [1.54, 1.807) is 0 Å². The van der Waals surface area contributed by atoms with Crippen molar-refractivity contribution in [2.75, 3.05) is 20.3 Å². The lowest BCUT2D eigenvalue weighted by molar-refractivity contribution is -0.152. The topological polar surface area (TPSA) is 119 Å². The van der Waals surface area contributed by atoms with E-state index in [-0.39, 0.29) is 26.0 Å². The highest BCUT2D eigenvalue weighted by Gasteiger charge is 2.41. The average Bonchev–Trinajstić information content (AvgIpc) is 2.85. The van der Waals surface area contributed by atoms with Gasteiger partial charge >= 0.3 is 11.9 Å². The van der Waals surface area contributed by atoms with Crippen LogP contribution in [-0.2, 0) is 23.9 Å². The van der Waals surface area contributed by atoms with Crippen LogP contribution in [0.25, 0.3) is 0 Å². The molecule has 1 saturated heterocycles. The summed E-state index contributed by atoms with van der Waals surface area (Å²) in [5, 5.41) is 9.60. The second-order valence-electron chi connectivity index (χ2n) is 4.70. The Kier molecular flexibility index (Phi) is 6.32. The molecule has 8 heteroatoms. The van der Waals surface area contributed by atoms with Crippen LogP contribution >= 0.6 is 0 Å². The first kappa shape index (κ1) is 17.1. The van der Waals surface area contributed by atoms with Crippen LogP contribution in [0.3, 0.4) is 0 Å². The molecule has 21 heavy (non-hydrogen) atoms. The number of nitrogens with two attached hydrogens (primary N) is 1. The van der Waals surface area contributed by atoms with E-state index in [9.17, 15) is 19.5 Å². The molecule has 0 aliphatic carbocycles. The van der Waals surface area contributed by atoms with Crippen LogP contribution in [0.2, 0.25) is 0 Å². The molecule has 1 fully saturated rings. The fourth-order valence-electron chi connectivity index (χ4n) is 2.11. The monoisotopic (exact) mass is 300 g/mol. The van der Waals surface area contributed by atoms with Gasteiger partial charge < -0.3 is 25.2 Å². The molecule has 1 aliphatic heterocycles. The molecule has 118 valence electrons. The number of β-amino-alcohol motifs (C(OH)–C–C–N with tert-alkyl or cyclic N) is 1. The highest BCUT2D eigenvalue weighted by molar-refractivity contribution is 5.90. The Morgan fingerprint density at radius 1 is 1.52 bits per heavy atom. The number of ether oxygens (including phenoxy) is 2. The van der Waals surface area contributed by atoms with Gasteiger partial charge in [-0.15, -0.1) is 0 Å². The minimum atomic E-state index is -1.14. The van der Waals surface area contributed by atoms with Crippen molar-refractivity contribution in [3.63, 3.8) is 0 Å². The van der Waals surface area contributed by atoms with E-state index in [0.717, 1.165) is 4.90 Å². The SMILES string of the molecule is C=CCOC(=O)C[C@H](N)C(=O)N1C[C@H](O)C[C@H]1C(=O)OC. The number of aliphatic hydroxyl groups is 1. The third-order valence-corrected chi connectivity index (χ3v) is 3.10. The Labute approximate surface area is 122 Å². The smallest absolute Gasteiger partial charge is 0.328 e. The van der Waals surface area contributed by atoms with E-state index in [1.807, 2.05) is 0 Å². The zero-order valence-corrected chi connectivity index (χ0v) is 11.9. The van der Waals surface area contributed by atoms with Crippen LogP contribution in [0, 0.1) is 0 Å². The predicted octanol–water partition coefficient (Wildman–Crippen LogP) is -1.43. The minimum absolute atomic E-state index is 0.0198. The Morgan fingerprint density at radius 2 is 2.19 bits per heavy atom. The normalized spacial score (nSPS) is 22.5. The fraction of sp³-hybridized carbons (Fsp3) is 0.615. The van der Waals surface area contributed by atoms with E-state index < -0.39 is 36.0 Å². The molecule has 0 aromatic carbocycles. The van der Waals surface area contributed by atoms with Gasteiger partial charge in [0.1, 0.15) is 12.6 Å². The first-order chi connectivity index (χ1) is 9.90. The second kappa shape index (κ2) is 7.75. The van der Waals surface area contributed by atoms with Crippen LogP contribution < -0.4 is 5.73 Å². The first-order valence-corrected chi connectivity index (χ1v) is 6.49. The van der Waals surface area contributed by atoms with E-state index in [1.165, 1.54) is 13.2 Å². The highest BCUT2D eigenvalue weighted by Crippen LogP contribution is 2.20. The summed E-state index contributed by atoms with van der Waals surface area (Å²) < 4.78 is 9.33. The van der Waals surface area contributed by atoms with Crippen molar-refractivity contribution >= 4 is 17.8 Å². The van der Waals surface area contributed by atoms with Crippen molar-refractivity contribution in [3.8, 4) is 0 Å². The van der Waals surface area contributed by atoms with Crippen molar-refractivity contribution in [2.45, 2.75) is 31.0 Å². The van der Waals surface area contributed by atoms with Crippen molar-refractivity contribution < 1.29 is 29.0 Å². The molecule has 0 aromatic heterocycles. The molecular formula is C13H20N2O6. The third kappa shape index (κ3) is 4.54. The molecule has 1 heterocycles. The number of likely N-dealkylation sites (tertiary alicyclic amines) is 1. The zero-order chi connectivity index (χ0) is 16.0. The predicted molar refractivity (Wildman–Crippen MR) is 71.9 cm³/mol. The summed E-state index contributed by atoms with van der Waals surface area (Å²) in [4.78, 5) is 36.3. The maximum atomic E-state index is 12.2. The molecule has 1 amide bonds. The van der Waals surface area contributed by atoms with Gasteiger partial charge in [-0.05, 0) is 0 Å². The molecular weight excluding hydrogens is 280 g/mol. The van der Waals surface area contributed by atoms with Crippen molar-refractivity contribution in [1.82, 2.24) is 4.90 Å². The lowest BCUT2D eigenvalue weighted by atomic mass is 10.1.